The van der Waals surface area contributed by atoms with Gasteiger partial charge in [0.05, 0.1) is 10.9 Å². The van der Waals surface area contributed by atoms with Crippen molar-refractivity contribution in [3.63, 3.8) is 0 Å². The SMILES string of the molecule is CC(=O)c1cc(C)cc2c(=O)n(C)c(=O)n(C(C)=O)c12. The molecule has 2 aromatic rings. The molecule has 0 atom stereocenters. The lowest BCUT2D eigenvalue weighted by atomic mass is 10.0. The highest BCUT2D eigenvalue weighted by molar-refractivity contribution is 6.07. The summed E-state index contributed by atoms with van der Waals surface area (Å²) in [5, 5.41) is 0.188. The van der Waals surface area contributed by atoms with Gasteiger partial charge in [0.1, 0.15) is 0 Å². The molecular formula is C14H14N2O4. The Morgan fingerprint density at radius 1 is 1.10 bits per heavy atom. The Morgan fingerprint density at radius 3 is 2.20 bits per heavy atom. The van der Waals surface area contributed by atoms with Crippen molar-refractivity contribution < 1.29 is 9.59 Å². The molecule has 2 rings (SSSR count). The van der Waals surface area contributed by atoms with Gasteiger partial charge in [-0.15, -0.1) is 0 Å². The molecule has 0 aliphatic carbocycles. The van der Waals surface area contributed by atoms with E-state index in [2.05, 4.69) is 0 Å². The molecule has 0 saturated heterocycles. The van der Waals surface area contributed by atoms with Crippen molar-refractivity contribution in [1.29, 1.82) is 0 Å². The maximum Gasteiger partial charge on any atom is 0.338 e. The quantitative estimate of drug-likeness (QED) is 0.723. The molecule has 0 unspecified atom stereocenters. The fourth-order valence-electron chi connectivity index (χ4n) is 2.26. The summed E-state index contributed by atoms with van der Waals surface area (Å²) >= 11 is 0. The summed E-state index contributed by atoms with van der Waals surface area (Å²) in [6, 6.07) is 3.14. The van der Waals surface area contributed by atoms with Crippen LogP contribution in [0.15, 0.2) is 21.7 Å². The first-order valence-electron chi connectivity index (χ1n) is 6.04. The Balaban J connectivity index is 3.27. The zero-order valence-corrected chi connectivity index (χ0v) is 11.7. The molecule has 1 aromatic carbocycles. The molecule has 0 spiro atoms. The fourth-order valence-corrected chi connectivity index (χ4v) is 2.26. The second-order valence-electron chi connectivity index (χ2n) is 4.77. The topological polar surface area (TPSA) is 78.1 Å². The standard InChI is InChI=1S/C14H14N2O4/c1-7-5-10(8(2)17)12-11(6-7)13(19)15(4)14(20)16(12)9(3)18/h5-6H,1-4H3. The van der Waals surface area contributed by atoms with E-state index in [-0.39, 0.29) is 22.2 Å². The molecule has 20 heavy (non-hydrogen) atoms. The van der Waals surface area contributed by atoms with Gasteiger partial charge in [-0.1, -0.05) is 0 Å². The lowest BCUT2D eigenvalue weighted by Gasteiger charge is -2.12. The van der Waals surface area contributed by atoms with Crippen molar-refractivity contribution >= 4 is 22.6 Å². The number of carbonyl (C=O) groups is 2. The molecule has 0 saturated carbocycles. The maximum absolute atomic E-state index is 12.2. The minimum atomic E-state index is -0.749. The smallest absolute Gasteiger partial charge is 0.294 e. The first kappa shape index (κ1) is 13.9. The molecule has 0 amide bonds. The van der Waals surface area contributed by atoms with Crippen LogP contribution in [0.3, 0.4) is 0 Å². The van der Waals surface area contributed by atoms with Gasteiger partial charge in [-0.3, -0.25) is 19.0 Å². The van der Waals surface area contributed by atoms with Gasteiger partial charge in [0, 0.05) is 19.5 Å². The number of aromatic nitrogens is 2. The summed E-state index contributed by atoms with van der Waals surface area (Å²) in [7, 11) is 1.30. The number of benzene rings is 1. The van der Waals surface area contributed by atoms with E-state index in [1.807, 2.05) is 0 Å². The average Bonchev–Trinajstić information content (AvgIpc) is 2.36. The van der Waals surface area contributed by atoms with Crippen LogP contribution in [0.2, 0.25) is 0 Å². The summed E-state index contributed by atoms with van der Waals surface area (Å²) in [6.45, 7) is 4.30. The lowest BCUT2D eigenvalue weighted by Crippen LogP contribution is -2.40. The van der Waals surface area contributed by atoms with E-state index >= 15 is 0 Å². The van der Waals surface area contributed by atoms with Crippen LogP contribution in [0.1, 0.15) is 34.6 Å². The molecule has 1 heterocycles. The van der Waals surface area contributed by atoms with Gasteiger partial charge in [-0.2, -0.15) is 0 Å². The van der Waals surface area contributed by atoms with Crippen LogP contribution >= 0.6 is 0 Å². The highest BCUT2D eigenvalue weighted by Gasteiger charge is 2.19. The molecule has 0 bridgehead atoms. The van der Waals surface area contributed by atoms with Crippen LogP contribution in [-0.2, 0) is 7.05 Å². The van der Waals surface area contributed by atoms with E-state index in [9.17, 15) is 19.2 Å². The Bertz CT molecular complexity index is 871. The van der Waals surface area contributed by atoms with E-state index in [0.29, 0.717) is 5.56 Å². The fraction of sp³-hybridized carbons (Fsp3) is 0.286. The molecule has 0 radical (unpaired) electrons. The molecule has 6 heteroatoms. The number of rotatable bonds is 1. The normalized spacial score (nSPS) is 10.8. The zero-order chi connectivity index (χ0) is 15.2. The van der Waals surface area contributed by atoms with Gasteiger partial charge < -0.3 is 0 Å². The minimum absolute atomic E-state index is 0.0868. The van der Waals surface area contributed by atoms with Gasteiger partial charge in [-0.05, 0) is 31.5 Å². The predicted molar refractivity (Wildman–Crippen MR) is 74.5 cm³/mol. The summed E-state index contributed by atoms with van der Waals surface area (Å²) in [5.74, 6) is -0.844. The molecule has 0 fully saturated rings. The van der Waals surface area contributed by atoms with Gasteiger partial charge in [0.25, 0.3) is 5.56 Å². The first-order valence-corrected chi connectivity index (χ1v) is 6.04. The second-order valence-corrected chi connectivity index (χ2v) is 4.77. The predicted octanol–water partition coefficient (Wildman–Crippen LogP) is 0.871. The van der Waals surface area contributed by atoms with Crippen LogP contribution in [0.25, 0.3) is 10.9 Å². The first-order chi connectivity index (χ1) is 9.25. The largest absolute Gasteiger partial charge is 0.338 e. The van der Waals surface area contributed by atoms with Gasteiger partial charge in [0.15, 0.2) is 5.78 Å². The number of aryl methyl sites for hydroxylation is 1. The molecular weight excluding hydrogens is 260 g/mol. The molecule has 0 N–H and O–H groups in total. The van der Waals surface area contributed by atoms with E-state index in [4.69, 9.17) is 0 Å². The second kappa shape index (κ2) is 4.56. The zero-order valence-electron chi connectivity index (χ0n) is 11.7. The monoisotopic (exact) mass is 274 g/mol. The van der Waals surface area contributed by atoms with E-state index in [0.717, 1.165) is 9.13 Å². The van der Waals surface area contributed by atoms with Crippen LogP contribution < -0.4 is 11.2 Å². The van der Waals surface area contributed by atoms with Crippen molar-refractivity contribution in [1.82, 2.24) is 9.13 Å². The van der Waals surface area contributed by atoms with Crippen molar-refractivity contribution in [2.24, 2.45) is 7.05 Å². The van der Waals surface area contributed by atoms with E-state index in [1.165, 1.54) is 20.9 Å². The number of hydrogen-bond acceptors (Lipinski definition) is 4. The number of carbonyl (C=O) groups excluding carboxylic acids is 2. The van der Waals surface area contributed by atoms with Gasteiger partial charge in [-0.25, -0.2) is 9.36 Å². The van der Waals surface area contributed by atoms with Crippen molar-refractivity contribution in [2.75, 3.05) is 0 Å². The third-order valence-corrected chi connectivity index (χ3v) is 3.19. The molecule has 1 aromatic heterocycles. The lowest BCUT2D eigenvalue weighted by molar-refractivity contribution is 0.0934. The Labute approximate surface area is 114 Å². The average molecular weight is 274 g/mol. The van der Waals surface area contributed by atoms with Gasteiger partial charge in [0.2, 0.25) is 5.91 Å². The van der Waals surface area contributed by atoms with E-state index < -0.39 is 17.2 Å². The van der Waals surface area contributed by atoms with Crippen LogP contribution in [0, 0.1) is 6.92 Å². The molecule has 6 nitrogen and oxygen atoms in total. The van der Waals surface area contributed by atoms with Gasteiger partial charge >= 0.3 is 5.69 Å². The Hall–Kier alpha value is -2.50. The number of ketones is 1. The summed E-state index contributed by atoms with van der Waals surface area (Å²) in [4.78, 5) is 47.8. The number of Topliss-reactive ketones (excluding diaryl/α,β-unsaturated/α-hetero) is 1. The van der Waals surface area contributed by atoms with Crippen LogP contribution in [0.4, 0.5) is 0 Å². The highest BCUT2D eigenvalue weighted by Crippen LogP contribution is 2.18. The molecule has 104 valence electrons. The van der Waals surface area contributed by atoms with E-state index in [1.54, 1.807) is 19.1 Å². The number of hydrogen-bond donors (Lipinski definition) is 0. The van der Waals surface area contributed by atoms with Crippen molar-refractivity contribution in [3.05, 3.63) is 44.1 Å². The highest BCUT2D eigenvalue weighted by atomic mass is 16.2. The third kappa shape index (κ3) is 1.89. The number of nitrogens with zero attached hydrogens (tertiary/aromatic N) is 2. The molecule has 0 aliphatic heterocycles. The number of fused-ring (bicyclic) bond motifs is 1. The minimum Gasteiger partial charge on any atom is -0.294 e. The Morgan fingerprint density at radius 2 is 1.70 bits per heavy atom. The van der Waals surface area contributed by atoms with Crippen molar-refractivity contribution in [2.45, 2.75) is 20.8 Å². The van der Waals surface area contributed by atoms with Crippen LogP contribution in [0.5, 0.6) is 0 Å². The summed E-state index contributed by atoms with van der Waals surface area (Å²) in [6.07, 6.45) is 0. The van der Waals surface area contributed by atoms with Crippen molar-refractivity contribution in [3.8, 4) is 0 Å². The Kier molecular flexibility index (Phi) is 3.17. The van der Waals surface area contributed by atoms with Crippen LogP contribution in [-0.4, -0.2) is 20.8 Å². The summed E-state index contributed by atoms with van der Waals surface area (Å²) in [5.41, 5.74) is -0.266. The third-order valence-electron chi connectivity index (χ3n) is 3.19. The maximum atomic E-state index is 12.2. The summed E-state index contributed by atoms with van der Waals surface area (Å²) < 4.78 is 1.74. The molecule has 0 aliphatic rings.